The van der Waals surface area contributed by atoms with Gasteiger partial charge in [-0.05, 0) is 19.1 Å². The molecule has 0 radical (unpaired) electrons. The Kier molecular flexibility index (Phi) is 5.59. The van der Waals surface area contributed by atoms with Crippen LogP contribution in [0.5, 0.6) is 5.75 Å². The molecular formula is C15H23N5O2S. The fourth-order valence-electron chi connectivity index (χ4n) is 2.03. The molecule has 126 valence electrons. The Balaban J connectivity index is 1.98. The number of urea groups is 1. The van der Waals surface area contributed by atoms with E-state index in [9.17, 15) is 4.79 Å². The zero-order chi connectivity index (χ0) is 16.9. The van der Waals surface area contributed by atoms with E-state index in [-0.39, 0.29) is 11.4 Å². The first kappa shape index (κ1) is 17.3. The van der Waals surface area contributed by atoms with E-state index < -0.39 is 0 Å². The molecule has 0 fully saturated rings. The van der Waals surface area contributed by atoms with Crippen molar-refractivity contribution in [2.45, 2.75) is 20.8 Å². The van der Waals surface area contributed by atoms with Gasteiger partial charge in [0.05, 0.1) is 30.0 Å². The molecule has 0 atom stereocenters. The number of rotatable bonds is 6. The lowest BCUT2D eigenvalue weighted by Crippen LogP contribution is -2.42. The molecule has 7 nitrogen and oxygen atoms in total. The van der Waals surface area contributed by atoms with E-state index in [2.05, 4.69) is 19.8 Å². The van der Waals surface area contributed by atoms with Gasteiger partial charge >= 0.3 is 6.03 Å². The monoisotopic (exact) mass is 337 g/mol. The summed E-state index contributed by atoms with van der Waals surface area (Å²) in [4.78, 5) is 11.5. The number of nitrogens with one attached hydrogen (secondary N) is 3. The Bertz CT molecular complexity index is 604. The van der Waals surface area contributed by atoms with Crippen molar-refractivity contribution in [1.29, 1.82) is 0 Å². The van der Waals surface area contributed by atoms with Crippen molar-refractivity contribution in [3.63, 3.8) is 0 Å². The van der Waals surface area contributed by atoms with Gasteiger partial charge in [0.15, 0.2) is 0 Å². The predicted octanol–water partition coefficient (Wildman–Crippen LogP) is 2.10. The Morgan fingerprint density at radius 3 is 2.96 bits per heavy atom. The Morgan fingerprint density at radius 1 is 1.43 bits per heavy atom. The molecule has 0 aliphatic carbocycles. The number of amides is 2. The number of anilines is 1. The van der Waals surface area contributed by atoms with Crippen LogP contribution in [-0.4, -0.2) is 31.6 Å². The number of carbonyl (C=O) groups is 1. The van der Waals surface area contributed by atoms with Crippen LogP contribution in [0.25, 0.3) is 0 Å². The summed E-state index contributed by atoms with van der Waals surface area (Å²) in [7, 11) is 0. The van der Waals surface area contributed by atoms with Crippen LogP contribution in [0.3, 0.4) is 0 Å². The number of carbonyl (C=O) groups excluding carboxylic acids is 1. The first-order valence-electron chi connectivity index (χ1n) is 7.46. The van der Waals surface area contributed by atoms with Crippen LogP contribution >= 0.6 is 12.1 Å². The highest BCUT2D eigenvalue weighted by Gasteiger charge is 2.23. The summed E-state index contributed by atoms with van der Waals surface area (Å²) in [6.07, 6.45) is 0. The van der Waals surface area contributed by atoms with Crippen molar-refractivity contribution in [3.05, 3.63) is 23.8 Å². The number of hydrogen-bond donors (Lipinski definition) is 4. The molecule has 0 unspecified atom stereocenters. The van der Waals surface area contributed by atoms with E-state index in [1.165, 1.54) is 12.1 Å². The molecular weight excluding hydrogens is 314 g/mol. The van der Waals surface area contributed by atoms with Gasteiger partial charge in [0.2, 0.25) is 0 Å². The lowest BCUT2D eigenvalue weighted by Gasteiger charge is -2.26. The van der Waals surface area contributed by atoms with Gasteiger partial charge in [0, 0.05) is 18.5 Å². The summed E-state index contributed by atoms with van der Waals surface area (Å²) < 4.78 is 13.1. The van der Waals surface area contributed by atoms with Crippen LogP contribution in [0.4, 0.5) is 10.5 Å². The fourth-order valence-corrected chi connectivity index (χ4v) is 2.54. The van der Waals surface area contributed by atoms with Crippen LogP contribution in [0.2, 0.25) is 0 Å². The van der Waals surface area contributed by atoms with E-state index in [0.717, 1.165) is 11.3 Å². The normalized spacial score (nSPS) is 13.4. The summed E-state index contributed by atoms with van der Waals surface area (Å²) in [5.41, 5.74) is 7.40. The van der Waals surface area contributed by atoms with Crippen molar-refractivity contribution in [3.8, 4) is 5.75 Å². The Labute approximate surface area is 140 Å². The number of benzene rings is 1. The second kappa shape index (κ2) is 7.45. The third kappa shape index (κ3) is 4.69. The molecule has 23 heavy (non-hydrogen) atoms. The molecule has 0 spiro atoms. The minimum atomic E-state index is -0.226. The summed E-state index contributed by atoms with van der Waals surface area (Å²) in [6, 6.07) is 5.53. The maximum atomic E-state index is 11.5. The highest BCUT2D eigenvalue weighted by atomic mass is 32.2. The smallest absolute Gasteiger partial charge is 0.314 e. The average molecular weight is 337 g/mol. The largest absolute Gasteiger partial charge is 0.492 e. The van der Waals surface area contributed by atoms with Crippen LogP contribution in [0.1, 0.15) is 26.3 Å². The minimum Gasteiger partial charge on any atom is -0.492 e. The van der Waals surface area contributed by atoms with Crippen molar-refractivity contribution in [2.24, 2.45) is 15.5 Å². The Morgan fingerprint density at radius 2 is 2.22 bits per heavy atom. The van der Waals surface area contributed by atoms with E-state index in [1.807, 2.05) is 39.0 Å². The maximum Gasteiger partial charge on any atom is 0.314 e. The van der Waals surface area contributed by atoms with Gasteiger partial charge in [-0.3, -0.25) is 0 Å². The van der Waals surface area contributed by atoms with Gasteiger partial charge in [0.25, 0.3) is 0 Å². The molecule has 1 aliphatic rings. The number of fused-ring (bicyclic) bond motifs is 1. The SMILES string of the molecule is CCNC(=O)NCC(C)(C)COc1cccc2c1C(N)=NSN2. The lowest BCUT2D eigenvalue weighted by atomic mass is 9.95. The topological polar surface area (TPSA) is 101 Å². The molecule has 2 amide bonds. The predicted molar refractivity (Wildman–Crippen MR) is 94.7 cm³/mol. The second-order valence-electron chi connectivity index (χ2n) is 6.01. The van der Waals surface area contributed by atoms with Crippen LogP contribution in [-0.2, 0) is 0 Å². The van der Waals surface area contributed by atoms with E-state index in [0.29, 0.717) is 31.3 Å². The number of nitrogens with zero attached hydrogens (tertiary/aromatic N) is 1. The quantitative estimate of drug-likeness (QED) is 0.596. The molecule has 0 aromatic heterocycles. The molecule has 2 rings (SSSR count). The summed E-state index contributed by atoms with van der Waals surface area (Å²) in [5.74, 6) is 1.13. The molecule has 1 aromatic carbocycles. The van der Waals surface area contributed by atoms with E-state index in [4.69, 9.17) is 10.5 Å². The molecule has 0 bridgehead atoms. The van der Waals surface area contributed by atoms with Crippen LogP contribution in [0.15, 0.2) is 22.6 Å². The number of nitrogens with two attached hydrogens (primary N) is 1. The number of hydrogen-bond acceptors (Lipinski definition) is 6. The third-order valence-electron chi connectivity index (χ3n) is 3.27. The van der Waals surface area contributed by atoms with Crippen molar-refractivity contribution < 1.29 is 9.53 Å². The van der Waals surface area contributed by atoms with Crippen molar-refractivity contribution in [2.75, 3.05) is 24.4 Å². The molecule has 1 heterocycles. The van der Waals surface area contributed by atoms with E-state index >= 15 is 0 Å². The molecule has 5 N–H and O–H groups in total. The summed E-state index contributed by atoms with van der Waals surface area (Å²) >= 11 is 1.20. The summed E-state index contributed by atoms with van der Waals surface area (Å²) in [6.45, 7) is 7.48. The molecule has 0 saturated heterocycles. The van der Waals surface area contributed by atoms with Gasteiger partial charge in [-0.15, -0.1) is 0 Å². The average Bonchev–Trinajstić information content (AvgIpc) is 2.52. The van der Waals surface area contributed by atoms with Gasteiger partial charge in [-0.1, -0.05) is 19.9 Å². The molecule has 1 aliphatic heterocycles. The molecule has 0 saturated carbocycles. The number of ether oxygens (including phenoxy) is 1. The zero-order valence-electron chi connectivity index (χ0n) is 13.6. The lowest BCUT2D eigenvalue weighted by molar-refractivity contribution is 0.175. The van der Waals surface area contributed by atoms with E-state index in [1.54, 1.807) is 0 Å². The second-order valence-corrected chi connectivity index (χ2v) is 6.58. The molecule has 8 heteroatoms. The maximum absolute atomic E-state index is 11.5. The van der Waals surface area contributed by atoms with Gasteiger partial charge in [-0.25, -0.2) is 4.79 Å². The standard InChI is InChI=1S/C15H23N5O2S/c1-4-17-14(21)18-8-15(2,3)9-22-11-7-5-6-10-12(11)13(16)20-23-19-10/h5-7,19H,4,8-9H2,1-3H3,(H2,16,20)(H2,17,18,21). The number of amidine groups is 1. The Hall–Kier alpha value is -2.09. The summed E-state index contributed by atoms with van der Waals surface area (Å²) in [5, 5.41) is 5.54. The molecule has 1 aromatic rings. The van der Waals surface area contributed by atoms with Crippen LogP contribution in [0, 0.1) is 5.41 Å². The highest BCUT2D eigenvalue weighted by molar-refractivity contribution is 7.99. The van der Waals surface area contributed by atoms with Crippen molar-refractivity contribution in [1.82, 2.24) is 10.6 Å². The van der Waals surface area contributed by atoms with Gasteiger partial charge < -0.3 is 25.8 Å². The van der Waals surface area contributed by atoms with Crippen LogP contribution < -0.4 is 25.8 Å². The van der Waals surface area contributed by atoms with Gasteiger partial charge in [0.1, 0.15) is 11.6 Å². The first-order valence-corrected chi connectivity index (χ1v) is 8.23. The zero-order valence-corrected chi connectivity index (χ0v) is 14.4. The fraction of sp³-hybridized carbons (Fsp3) is 0.467. The third-order valence-corrected chi connectivity index (χ3v) is 3.86. The minimum absolute atomic E-state index is 0.171. The highest BCUT2D eigenvalue weighted by Crippen LogP contribution is 2.32. The van der Waals surface area contributed by atoms with Crippen molar-refractivity contribution >= 4 is 29.7 Å². The first-order chi connectivity index (χ1) is 10.9. The van der Waals surface area contributed by atoms with Gasteiger partial charge in [-0.2, -0.15) is 4.40 Å².